The van der Waals surface area contributed by atoms with Gasteiger partial charge in [-0.25, -0.2) is 4.39 Å². The van der Waals surface area contributed by atoms with Crippen molar-refractivity contribution in [2.75, 3.05) is 13.6 Å². The lowest BCUT2D eigenvalue weighted by Gasteiger charge is -1.98. The molecule has 0 bridgehead atoms. The summed E-state index contributed by atoms with van der Waals surface area (Å²) in [6.07, 6.45) is 0.759. The molecule has 0 aliphatic heterocycles. The summed E-state index contributed by atoms with van der Waals surface area (Å²) < 4.78 is 13.3. The molecule has 0 heterocycles. The van der Waals surface area contributed by atoms with Gasteiger partial charge >= 0.3 is 0 Å². The summed E-state index contributed by atoms with van der Waals surface area (Å²) in [7, 11) is 1.87. The number of halogens is 2. The molecule has 0 atom stereocenters. The largest absolute Gasteiger partial charge is 0.319 e. The van der Waals surface area contributed by atoms with Gasteiger partial charge in [-0.15, -0.1) is 11.6 Å². The van der Waals surface area contributed by atoms with Gasteiger partial charge in [0, 0.05) is 24.1 Å². The summed E-state index contributed by atoms with van der Waals surface area (Å²) in [5, 5.41) is 2.99. The van der Waals surface area contributed by atoms with Gasteiger partial charge in [0.25, 0.3) is 0 Å². The molecule has 0 saturated carbocycles. The zero-order valence-corrected chi connectivity index (χ0v) is 9.37. The monoisotopic (exact) mass is 225 g/mol. The van der Waals surface area contributed by atoms with Gasteiger partial charge in [-0.05, 0) is 19.2 Å². The van der Waals surface area contributed by atoms with Crippen LogP contribution in [0.3, 0.4) is 0 Å². The van der Waals surface area contributed by atoms with Crippen molar-refractivity contribution in [3.05, 3.63) is 35.1 Å². The van der Waals surface area contributed by atoms with E-state index in [9.17, 15) is 4.39 Å². The lowest BCUT2D eigenvalue weighted by Crippen LogP contribution is -2.05. The first-order chi connectivity index (χ1) is 7.27. The van der Waals surface area contributed by atoms with Gasteiger partial charge in [-0.3, -0.25) is 0 Å². The molecule has 0 aromatic heterocycles. The maximum Gasteiger partial charge on any atom is 0.128 e. The van der Waals surface area contributed by atoms with E-state index >= 15 is 0 Å². The standard InChI is InChI=1S/C12H13ClFN/c1-15-7-3-2-4-10-5-6-11(9-13)12(14)8-10/h5-6,8,15H,3,7,9H2,1H3. The molecule has 0 radical (unpaired) electrons. The molecule has 1 N–H and O–H groups in total. The number of nitrogens with one attached hydrogen (secondary N) is 1. The van der Waals surface area contributed by atoms with Crippen molar-refractivity contribution >= 4 is 11.6 Å². The molecule has 1 rings (SSSR count). The summed E-state index contributed by atoms with van der Waals surface area (Å²) in [5.41, 5.74) is 1.20. The van der Waals surface area contributed by atoms with E-state index in [4.69, 9.17) is 11.6 Å². The third-order valence-corrected chi connectivity index (χ3v) is 2.22. The van der Waals surface area contributed by atoms with E-state index in [0.29, 0.717) is 11.1 Å². The number of hydrogen-bond donors (Lipinski definition) is 1. The summed E-state index contributed by atoms with van der Waals surface area (Å²) in [5.74, 6) is 5.76. The highest BCUT2D eigenvalue weighted by Gasteiger charge is 2.00. The third-order valence-electron chi connectivity index (χ3n) is 1.93. The average molecular weight is 226 g/mol. The van der Waals surface area contributed by atoms with Gasteiger partial charge in [0.05, 0.1) is 5.88 Å². The molecule has 1 nitrogen and oxygen atoms in total. The minimum Gasteiger partial charge on any atom is -0.319 e. The van der Waals surface area contributed by atoms with Crippen LogP contribution in [0.5, 0.6) is 0 Å². The van der Waals surface area contributed by atoms with Gasteiger partial charge in [-0.2, -0.15) is 0 Å². The smallest absolute Gasteiger partial charge is 0.128 e. The molecule has 1 aromatic rings. The molecule has 0 aliphatic rings. The Hall–Kier alpha value is -1.04. The maximum absolute atomic E-state index is 13.3. The second kappa shape index (κ2) is 6.44. The molecule has 80 valence electrons. The number of rotatable bonds is 3. The van der Waals surface area contributed by atoms with E-state index in [-0.39, 0.29) is 11.7 Å². The zero-order chi connectivity index (χ0) is 11.1. The van der Waals surface area contributed by atoms with Crippen LogP contribution in [0.4, 0.5) is 4.39 Å². The van der Waals surface area contributed by atoms with Crippen molar-refractivity contribution in [1.29, 1.82) is 0 Å². The SMILES string of the molecule is CNCCC#Cc1ccc(CCl)c(F)c1. The van der Waals surface area contributed by atoms with Gasteiger partial charge in [0.1, 0.15) is 5.82 Å². The Morgan fingerprint density at radius 2 is 2.27 bits per heavy atom. The second-order valence-electron chi connectivity index (χ2n) is 3.10. The molecular formula is C12H13ClFN. The Bertz CT molecular complexity index is 379. The Kier molecular flexibility index (Phi) is 5.17. The maximum atomic E-state index is 13.3. The van der Waals surface area contributed by atoms with Crippen LogP contribution in [-0.2, 0) is 5.88 Å². The molecule has 0 saturated heterocycles. The second-order valence-corrected chi connectivity index (χ2v) is 3.36. The fourth-order valence-electron chi connectivity index (χ4n) is 1.09. The van der Waals surface area contributed by atoms with Crippen molar-refractivity contribution in [2.45, 2.75) is 12.3 Å². The number of alkyl halides is 1. The lowest BCUT2D eigenvalue weighted by molar-refractivity contribution is 0.616. The molecule has 15 heavy (non-hydrogen) atoms. The Balaban J connectivity index is 2.69. The van der Waals surface area contributed by atoms with Crippen LogP contribution in [-0.4, -0.2) is 13.6 Å². The molecule has 0 spiro atoms. The van der Waals surface area contributed by atoms with Crippen LogP contribution in [0.15, 0.2) is 18.2 Å². The molecule has 0 unspecified atom stereocenters. The zero-order valence-electron chi connectivity index (χ0n) is 8.61. The first kappa shape index (κ1) is 12.0. The first-order valence-corrected chi connectivity index (χ1v) is 5.29. The highest BCUT2D eigenvalue weighted by molar-refractivity contribution is 6.17. The summed E-state index contributed by atoms with van der Waals surface area (Å²) in [6, 6.07) is 4.88. The topological polar surface area (TPSA) is 12.0 Å². The minimum atomic E-state index is -0.287. The highest BCUT2D eigenvalue weighted by Crippen LogP contribution is 2.11. The van der Waals surface area contributed by atoms with Crippen LogP contribution in [0.2, 0.25) is 0 Å². The number of benzene rings is 1. The van der Waals surface area contributed by atoms with Crippen molar-refractivity contribution in [1.82, 2.24) is 5.32 Å². The van der Waals surface area contributed by atoms with E-state index in [1.807, 2.05) is 7.05 Å². The summed E-state index contributed by atoms with van der Waals surface area (Å²) in [6.45, 7) is 0.843. The van der Waals surface area contributed by atoms with Crippen LogP contribution in [0.25, 0.3) is 0 Å². The molecule has 0 aliphatic carbocycles. The average Bonchev–Trinajstić information content (AvgIpc) is 2.25. The quantitative estimate of drug-likeness (QED) is 0.474. The lowest BCUT2D eigenvalue weighted by atomic mass is 10.1. The van der Waals surface area contributed by atoms with Crippen molar-refractivity contribution < 1.29 is 4.39 Å². The Morgan fingerprint density at radius 3 is 2.87 bits per heavy atom. The summed E-state index contributed by atoms with van der Waals surface area (Å²) >= 11 is 5.55. The predicted octanol–water partition coefficient (Wildman–Crippen LogP) is 2.53. The van der Waals surface area contributed by atoms with E-state index in [1.165, 1.54) is 6.07 Å². The molecule has 1 aromatic carbocycles. The summed E-state index contributed by atoms with van der Waals surface area (Å²) in [4.78, 5) is 0. The van der Waals surface area contributed by atoms with Gasteiger partial charge < -0.3 is 5.32 Å². The van der Waals surface area contributed by atoms with E-state index < -0.39 is 0 Å². The fourth-order valence-corrected chi connectivity index (χ4v) is 1.30. The van der Waals surface area contributed by atoms with Gasteiger partial charge in [0.2, 0.25) is 0 Å². The Labute approximate surface area is 94.6 Å². The van der Waals surface area contributed by atoms with Gasteiger partial charge in [-0.1, -0.05) is 17.9 Å². The minimum absolute atomic E-state index is 0.194. The molecule has 0 amide bonds. The van der Waals surface area contributed by atoms with Crippen LogP contribution in [0, 0.1) is 17.7 Å². The third kappa shape index (κ3) is 3.91. The van der Waals surface area contributed by atoms with Crippen LogP contribution in [0.1, 0.15) is 17.5 Å². The molecule has 0 fully saturated rings. The first-order valence-electron chi connectivity index (χ1n) is 4.75. The van der Waals surface area contributed by atoms with Crippen molar-refractivity contribution in [3.63, 3.8) is 0 Å². The van der Waals surface area contributed by atoms with E-state index in [2.05, 4.69) is 17.2 Å². The van der Waals surface area contributed by atoms with Crippen molar-refractivity contribution in [2.24, 2.45) is 0 Å². The van der Waals surface area contributed by atoms with Gasteiger partial charge in [0.15, 0.2) is 0 Å². The Morgan fingerprint density at radius 1 is 1.47 bits per heavy atom. The normalized spacial score (nSPS) is 9.53. The highest BCUT2D eigenvalue weighted by atomic mass is 35.5. The molecule has 3 heteroatoms. The van der Waals surface area contributed by atoms with Crippen LogP contribution >= 0.6 is 11.6 Å². The van der Waals surface area contributed by atoms with E-state index in [1.54, 1.807) is 12.1 Å². The predicted molar refractivity (Wildman–Crippen MR) is 61.4 cm³/mol. The molecular weight excluding hydrogens is 213 g/mol. The number of hydrogen-bond acceptors (Lipinski definition) is 1. The van der Waals surface area contributed by atoms with Crippen LogP contribution < -0.4 is 5.32 Å². The van der Waals surface area contributed by atoms with Crippen molar-refractivity contribution in [3.8, 4) is 11.8 Å². The van der Waals surface area contributed by atoms with E-state index in [0.717, 1.165) is 13.0 Å². The fraction of sp³-hybridized carbons (Fsp3) is 0.333.